The fourth-order valence-electron chi connectivity index (χ4n) is 3.12. The van der Waals surface area contributed by atoms with Crippen LogP contribution in [0.2, 0.25) is 0 Å². The summed E-state index contributed by atoms with van der Waals surface area (Å²) in [4.78, 5) is 10.3. The van der Waals surface area contributed by atoms with Gasteiger partial charge in [0.15, 0.2) is 0 Å². The van der Waals surface area contributed by atoms with Gasteiger partial charge in [0.2, 0.25) is 0 Å². The molecule has 33 heavy (non-hydrogen) atoms. The van der Waals surface area contributed by atoms with Crippen LogP contribution in [0, 0.1) is 24.0 Å². The molecule has 0 aliphatic rings. The van der Waals surface area contributed by atoms with Crippen molar-refractivity contribution in [3.8, 4) is 5.75 Å². The zero-order valence-electron chi connectivity index (χ0n) is 18.6. The summed E-state index contributed by atoms with van der Waals surface area (Å²) < 4.78 is 34.1. The maximum absolute atomic E-state index is 13.2. The number of non-ortho nitro benzene ring substituents is 1. The van der Waals surface area contributed by atoms with Gasteiger partial charge >= 0.3 is 0 Å². The minimum Gasteiger partial charge on any atom is -0.497 e. The molecule has 172 valence electrons. The number of aryl methyl sites for hydroxylation is 2. The number of nitro groups is 1. The first-order chi connectivity index (χ1) is 15.6. The summed E-state index contributed by atoms with van der Waals surface area (Å²) in [5, 5.41) is 15.6. The Morgan fingerprint density at radius 3 is 2.42 bits per heavy atom. The van der Waals surface area contributed by atoms with Crippen molar-refractivity contribution in [1.29, 1.82) is 0 Å². The van der Waals surface area contributed by atoms with Crippen LogP contribution in [0.4, 0.5) is 17.1 Å². The summed E-state index contributed by atoms with van der Waals surface area (Å²) in [6.45, 7) is 5.42. The Morgan fingerprint density at radius 2 is 1.76 bits per heavy atom. The number of nitro benzene ring substituents is 1. The lowest BCUT2D eigenvalue weighted by Crippen LogP contribution is -2.16. The summed E-state index contributed by atoms with van der Waals surface area (Å²) in [5.74, 6) is 0.651. The molecule has 2 N–H and O–H groups in total. The second-order valence-corrected chi connectivity index (χ2v) is 9.05. The molecular weight excluding hydrogens is 444 g/mol. The van der Waals surface area contributed by atoms with E-state index in [0.29, 0.717) is 17.1 Å². The van der Waals surface area contributed by atoms with Crippen LogP contribution in [0.1, 0.15) is 23.6 Å². The van der Waals surface area contributed by atoms with Gasteiger partial charge in [0.1, 0.15) is 10.6 Å². The van der Waals surface area contributed by atoms with Gasteiger partial charge in [-0.2, -0.15) is 5.10 Å². The highest BCUT2D eigenvalue weighted by Crippen LogP contribution is 2.29. The quantitative estimate of drug-likeness (QED) is 0.277. The number of nitrogens with zero attached hydrogens (tertiary/aromatic N) is 2. The Morgan fingerprint density at radius 1 is 1.03 bits per heavy atom. The molecule has 3 aromatic rings. The van der Waals surface area contributed by atoms with Crippen molar-refractivity contribution in [3.05, 3.63) is 87.5 Å². The molecule has 0 unspecified atom stereocenters. The first kappa shape index (κ1) is 23.7. The van der Waals surface area contributed by atoms with Gasteiger partial charge in [-0.15, -0.1) is 0 Å². The van der Waals surface area contributed by atoms with Crippen molar-refractivity contribution in [1.82, 2.24) is 0 Å². The van der Waals surface area contributed by atoms with Crippen LogP contribution in [-0.4, -0.2) is 26.2 Å². The molecule has 0 aromatic heterocycles. The van der Waals surface area contributed by atoms with E-state index in [1.165, 1.54) is 12.1 Å². The van der Waals surface area contributed by atoms with Gasteiger partial charge in [-0.1, -0.05) is 29.8 Å². The summed E-state index contributed by atoms with van der Waals surface area (Å²) in [6, 6.07) is 16.0. The lowest BCUT2D eigenvalue weighted by atomic mass is 10.1. The highest BCUT2D eigenvalue weighted by Gasteiger charge is 2.23. The Kier molecular flexibility index (Phi) is 6.98. The van der Waals surface area contributed by atoms with E-state index >= 15 is 0 Å². The van der Waals surface area contributed by atoms with Gasteiger partial charge in [-0.25, -0.2) is 8.42 Å². The molecule has 0 spiro atoms. The maximum atomic E-state index is 13.2. The minimum absolute atomic E-state index is 0.0973. The molecule has 3 aromatic carbocycles. The summed E-state index contributed by atoms with van der Waals surface area (Å²) in [7, 11) is -2.61. The first-order valence-corrected chi connectivity index (χ1v) is 11.4. The second kappa shape index (κ2) is 9.70. The Balaban J connectivity index is 1.99. The van der Waals surface area contributed by atoms with Gasteiger partial charge in [-0.3, -0.25) is 20.3 Å². The number of hydrogen-bond donors (Lipinski definition) is 2. The number of rotatable bonds is 8. The average Bonchev–Trinajstić information content (AvgIpc) is 2.79. The van der Waals surface area contributed by atoms with Gasteiger partial charge < -0.3 is 4.74 Å². The smallest absolute Gasteiger partial charge is 0.270 e. The predicted molar refractivity (Wildman–Crippen MR) is 129 cm³/mol. The number of nitrogens with one attached hydrogen (secondary N) is 2. The normalized spacial score (nSPS) is 11.7. The molecule has 0 fully saturated rings. The Bertz CT molecular complexity index is 1340. The summed E-state index contributed by atoms with van der Waals surface area (Å²) in [5.41, 5.74) is 5.91. The minimum atomic E-state index is -4.16. The number of hydrogen-bond acceptors (Lipinski definition) is 7. The lowest BCUT2D eigenvalue weighted by molar-refractivity contribution is -0.385. The number of benzene rings is 3. The average molecular weight is 469 g/mol. The highest BCUT2D eigenvalue weighted by atomic mass is 32.2. The zero-order valence-corrected chi connectivity index (χ0v) is 19.4. The maximum Gasteiger partial charge on any atom is 0.270 e. The summed E-state index contributed by atoms with van der Waals surface area (Å²) >= 11 is 0. The predicted octanol–water partition coefficient (Wildman–Crippen LogP) is 4.86. The zero-order chi connectivity index (χ0) is 24.2. The van der Waals surface area contributed by atoms with Crippen LogP contribution in [0.5, 0.6) is 5.75 Å². The molecule has 0 aliphatic heterocycles. The van der Waals surface area contributed by atoms with Gasteiger partial charge in [0.25, 0.3) is 15.7 Å². The summed E-state index contributed by atoms with van der Waals surface area (Å²) in [6.07, 6.45) is 0. The number of anilines is 2. The van der Waals surface area contributed by atoms with Crippen molar-refractivity contribution in [2.75, 3.05) is 17.3 Å². The molecule has 0 aliphatic carbocycles. The highest BCUT2D eigenvalue weighted by molar-refractivity contribution is 7.92. The van der Waals surface area contributed by atoms with Gasteiger partial charge in [0, 0.05) is 17.7 Å². The van der Waals surface area contributed by atoms with Gasteiger partial charge in [0.05, 0.1) is 29.1 Å². The van der Waals surface area contributed by atoms with E-state index in [4.69, 9.17) is 4.74 Å². The van der Waals surface area contributed by atoms with Crippen LogP contribution < -0.4 is 14.9 Å². The molecule has 0 heterocycles. The number of methoxy groups -OCH3 is 1. The first-order valence-electron chi connectivity index (χ1n) is 9.94. The van der Waals surface area contributed by atoms with E-state index in [1.807, 2.05) is 25.1 Å². The molecule has 0 amide bonds. The van der Waals surface area contributed by atoms with Crippen LogP contribution >= 0.6 is 0 Å². The van der Waals surface area contributed by atoms with Crippen LogP contribution in [-0.2, 0) is 10.0 Å². The molecule has 3 rings (SSSR count). The Hall–Kier alpha value is -3.92. The monoisotopic (exact) mass is 468 g/mol. The van der Waals surface area contributed by atoms with E-state index in [0.717, 1.165) is 22.8 Å². The fourth-order valence-corrected chi connectivity index (χ4v) is 4.43. The molecule has 0 bridgehead atoms. The SMILES string of the molecule is COc1cccc(/C(C)=N/Nc2ccc([N+](=O)[O-])cc2S(=O)(=O)Nc2ccc(C)cc2C)c1. The lowest BCUT2D eigenvalue weighted by Gasteiger charge is -2.14. The molecule has 9 nitrogen and oxygen atoms in total. The van der Waals surface area contributed by atoms with E-state index in [-0.39, 0.29) is 16.3 Å². The number of hydrazone groups is 1. The number of sulfonamides is 1. The van der Waals surface area contributed by atoms with E-state index in [2.05, 4.69) is 15.2 Å². The fraction of sp³-hybridized carbons (Fsp3) is 0.174. The van der Waals surface area contributed by atoms with Crippen LogP contribution in [0.3, 0.4) is 0 Å². The van der Waals surface area contributed by atoms with E-state index in [1.54, 1.807) is 45.2 Å². The van der Waals surface area contributed by atoms with E-state index in [9.17, 15) is 18.5 Å². The van der Waals surface area contributed by atoms with Crippen LogP contribution in [0.25, 0.3) is 0 Å². The van der Waals surface area contributed by atoms with Crippen molar-refractivity contribution in [2.24, 2.45) is 5.10 Å². The van der Waals surface area contributed by atoms with Crippen molar-refractivity contribution in [3.63, 3.8) is 0 Å². The molecule has 0 radical (unpaired) electrons. The van der Waals surface area contributed by atoms with E-state index < -0.39 is 14.9 Å². The second-order valence-electron chi connectivity index (χ2n) is 7.40. The molecular formula is C23H24N4O5S. The molecule has 0 saturated carbocycles. The van der Waals surface area contributed by atoms with Crippen molar-refractivity contribution < 1.29 is 18.1 Å². The standard InChI is InChI=1S/C23H24N4O5S/c1-15-8-10-21(16(2)12-15)26-33(30,31)23-14-19(27(28)29)9-11-22(23)25-24-17(3)18-6-5-7-20(13-18)32-4/h5-14,25-26H,1-4H3/b24-17+. The third-order valence-electron chi connectivity index (χ3n) is 4.92. The third-order valence-corrected chi connectivity index (χ3v) is 6.33. The molecule has 10 heteroatoms. The van der Waals surface area contributed by atoms with Crippen molar-refractivity contribution in [2.45, 2.75) is 25.7 Å². The molecule has 0 saturated heterocycles. The third kappa shape index (κ3) is 5.66. The Labute approximate surface area is 192 Å². The number of ether oxygens (including phenoxy) is 1. The van der Waals surface area contributed by atoms with Gasteiger partial charge in [-0.05, 0) is 50.6 Å². The van der Waals surface area contributed by atoms with Crippen molar-refractivity contribution >= 4 is 32.8 Å². The topological polar surface area (TPSA) is 123 Å². The van der Waals surface area contributed by atoms with Crippen LogP contribution in [0.15, 0.2) is 70.7 Å². The molecule has 0 atom stereocenters. The largest absolute Gasteiger partial charge is 0.497 e.